The van der Waals surface area contributed by atoms with Gasteiger partial charge in [-0.2, -0.15) is 5.26 Å². The van der Waals surface area contributed by atoms with Gasteiger partial charge in [-0.3, -0.25) is 10.3 Å². The first-order valence-corrected chi connectivity index (χ1v) is 12.6. The summed E-state index contributed by atoms with van der Waals surface area (Å²) in [5.74, 6) is 0. The van der Waals surface area contributed by atoms with Crippen molar-refractivity contribution < 1.29 is 9.53 Å². The van der Waals surface area contributed by atoms with Crippen molar-refractivity contribution in [3.05, 3.63) is 53.3 Å². The lowest BCUT2D eigenvalue weighted by Crippen LogP contribution is -2.56. The van der Waals surface area contributed by atoms with Gasteiger partial charge in [0.05, 0.1) is 34.4 Å². The number of amides is 2. The standard InChI is InChI=1S/C26H28N6O2S/c1-17-12-21(13-18(2)29-17)23-22(20-5-3-4-19(14-20)15-27)30-24(35-23)31-25(33)32-9-6-26(7-10-32)16-28-8-11-34-26/h3-5,12-14,28H,6-11,16H2,1-2H3,(H,30,31,33). The highest BCUT2D eigenvalue weighted by molar-refractivity contribution is 7.19. The summed E-state index contributed by atoms with van der Waals surface area (Å²) in [5.41, 5.74) is 4.81. The number of benzene rings is 1. The van der Waals surface area contributed by atoms with Crippen LogP contribution in [-0.4, -0.2) is 59.3 Å². The van der Waals surface area contributed by atoms with Crippen molar-refractivity contribution in [2.45, 2.75) is 32.3 Å². The summed E-state index contributed by atoms with van der Waals surface area (Å²) in [5, 5.41) is 16.3. The molecule has 2 aromatic heterocycles. The summed E-state index contributed by atoms with van der Waals surface area (Å²) in [7, 11) is 0. The molecule has 35 heavy (non-hydrogen) atoms. The fourth-order valence-corrected chi connectivity index (χ4v) is 5.75. The van der Waals surface area contributed by atoms with Gasteiger partial charge in [-0.25, -0.2) is 9.78 Å². The first-order valence-electron chi connectivity index (χ1n) is 11.8. The Hall–Kier alpha value is -3.32. The molecule has 2 N–H and O–H groups in total. The van der Waals surface area contributed by atoms with E-state index in [0.717, 1.165) is 65.6 Å². The lowest BCUT2D eigenvalue weighted by Gasteiger charge is -2.43. The van der Waals surface area contributed by atoms with E-state index in [1.54, 1.807) is 6.07 Å². The molecular formula is C26H28N6O2S. The lowest BCUT2D eigenvalue weighted by atomic mass is 9.90. The van der Waals surface area contributed by atoms with Crippen LogP contribution in [0.4, 0.5) is 9.93 Å². The predicted octanol–water partition coefficient (Wildman–Crippen LogP) is 4.35. The monoisotopic (exact) mass is 488 g/mol. The fourth-order valence-electron chi connectivity index (χ4n) is 4.78. The summed E-state index contributed by atoms with van der Waals surface area (Å²) < 4.78 is 6.05. The third kappa shape index (κ3) is 5.05. The Kier molecular flexibility index (Phi) is 6.52. The minimum absolute atomic E-state index is 0.150. The smallest absolute Gasteiger partial charge is 0.323 e. The van der Waals surface area contributed by atoms with E-state index in [0.29, 0.717) is 23.8 Å². The van der Waals surface area contributed by atoms with Crippen LogP contribution < -0.4 is 10.6 Å². The van der Waals surface area contributed by atoms with Crippen LogP contribution in [0.3, 0.4) is 0 Å². The van der Waals surface area contributed by atoms with Gasteiger partial charge < -0.3 is 15.0 Å². The highest BCUT2D eigenvalue weighted by Crippen LogP contribution is 2.40. The first kappa shape index (κ1) is 23.4. The number of aromatic nitrogens is 2. The molecule has 0 aliphatic carbocycles. The summed E-state index contributed by atoms with van der Waals surface area (Å²) in [4.78, 5) is 25.2. The van der Waals surface area contributed by atoms with Gasteiger partial charge in [0.1, 0.15) is 0 Å². The highest BCUT2D eigenvalue weighted by Gasteiger charge is 2.38. The first-order chi connectivity index (χ1) is 16.9. The minimum Gasteiger partial charge on any atom is -0.372 e. The number of hydrogen-bond acceptors (Lipinski definition) is 7. The van der Waals surface area contributed by atoms with Crippen molar-refractivity contribution in [2.75, 3.05) is 38.1 Å². The van der Waals surface area contributed by atoms with Crippen LogP contribution in [0, 0.1) is 25.2 Å². The molecule has 180 valence electrons. The number of carbonyl (C=O) groups excluding carboxylic acids is 1. The Balaban J connectivity index is 1.41. The number of thiazole rings is 1. The van der Waals surface area contributed by atoms with Crippen LogP contribution in [0.1, 0.15) is 29.8 Å². The van der Waals surface area contributed by atoms with Gasteiger partial charge >= 0.3 is 6.03 Å². The van der Waals surface area contributed by atoms with Crippen LogP contribution in [-0.2, 0) is 4.74 Å². The van der Waals surface area contributed by atoms with Crippen molar-refractivity contribution in [1.29, 1.82) is 5.26 Å². The molecule has 2 amide bonds. The summed E-state index contributed by atoms with van der Waals surface area (Å²) in [6.45, 7) is 7.66. The number of carbonyl (C=O) groups is 1. The van der Waals surface area contributed by atoms with Gasteiger partial charge in [-0.05, 0) is 56.5 Å². The average Bonchev–Trinajstić information content (AvgIpc) is 3.28. The van der Waals surface area contributed by atoms with E-state index in [9.17, 15) is 10.1 Å². The highest BCUT2D eigenvalue weighted by atomic mass is 32.1. The van der Waals surface area contributed by atoms with Crippen LogP contribution >= 0.6 is 11.3 Å². The summed E-state index contributed by atoms with van der Waals surface area (Å²) >= 11 is 1.44. The molecule has 5 rings (SSSR count). The SMILES string of the molecule is Cc1cc(-c2sc(NC(=O)N3CCC4(CC3)CNCCO4)nc2-c2cccc(C#N)c2)cc(C)n1. The zero-order valence-electron chi connectivity index (χ0n) is 19.9. The molecule has 3 aromatic rings. The number of nitrogens with one attached hydrogen (secondary N) is 2. The molecule has 2 fully saturated rings. The molecule has 0 atom stereocenters. The van der Waals surface area contributed by atoms with Gasteiger partial charge in [0.25, 0.3) is 0 Å². The van der Waals surface area contributed by atoms with Crippen molar-refractivity contribution in [3.63, 3.8) is 0 Å². The van der Waals surface area contributed by atoms with Crippen LogP contribution in [0.25, 0.3) is 21.7 Å². The Morgan fingerprint density at radius 1 is 1.17 bits per heavy atom. The number of pyridine rings is 1. The van der Waals surface area contributed by atoms with Crippen molar-refractivity contribution >= 4 is 22.5 Å². The molecule has 4 heterocycles. The van der Waals surface area contributed by atoms with Gasteiger partial charge in [0, 0.05) is 43.1 Å². The zero-order chi connectivity index (χ0) is 24.4. The Morgan fingerprint density at radius 2 is 1.94 bits per heavy atom. The molecule has 0 bridgehead atoms. The third-order valence-corrected chi connectivity index (χ3v) is 7.57. The van der Waals surface area contributed by atoms with E-state index in [4.69, 9.17) is 9.72 Å². The van der Waals surface area contributed by atoms with Crippen LogP contribution in [0.2, 0.25) is 0 Å². The second kappa shape index (κ2) is 9.74. The number of hydrogen-bond donors (Lipinski definition) is 2. The van der Waals surface area contributed by atoms with Gasteiger partial charge in [0.2, 0.25) is 0 Å². The van der Waals surface area contributed by atoms with E-state index >= 15 is 0 Å². The van der Waals surface area contributed by atoms with Gasteiger partial charge in [-0.1, -0.05) is 23.5 Å². The largest absolute Gasteiger partial charge is 0.372 e. The van der Waals surface area contributed by atoms with E-state index in [-0.39, 0.29) is 11.6 Å². The lowest BCUT2D eigenvalue weighted by molar-refractivity contribution is -0.0941. The third-order valence-electron chi connectivity index (χ3n) is 6.55. The minimum atomic E-state index is -0.153. The van der Waals surface area contributed by atoms with Gasteiger partial charge in [0.15, 0.2) is 5.13 Å². The summed E-state index contributed by atoms with van der Waals surface area (Å²) in [6, 6.07) is 13.5. The van der Waals surface area contributed by atoms with Crippen LogP contribution in [0.15, 0.2) is 36.4 Å². The quantitative estimate of drug-likeness (QED) is 0.568. The Bertz CT molecular complexity index is 1260. The average molecular weight is 489 g/mol. The molecule has 2 aliphatic heterocycles. The van der Waals surface area contributed by atoms with Crippen molar-refractivity contribution in [1.82, 2.24) is 20.2 Å². The van der Waals surface area contributed by atoms with E-state index in [1.807, 2.05) is 49.1 Å². The Morgan fingerprint density at radius 3 is 2.63 bits per heavy atom. The summed E-state index contributed by atoms with van der Waals surface area (Å²) in [6.07, 6.45) is 1.64. The number of piperidine rings is 1. The topological polar surface area (TPSA) is 103 Å². The molecule has 0 radical (unpaired) electrons. The molecule has 0 unspecified atom stereocenters. The maximum absolute atomic E-state index is 13.1. The molecule has 8 nitrogen and oxygen atoms in total. The predicted molar refractivity (Wildman–Crippen MR) is 136 cm³/mol. The molecule has 2 saturated heterocycles. The molecular weight excluding hydrogens is 460 g/mol. The van der Waals surface area contributed by atoms with E-state index < -0.39 is 0 Å². The van der Waals surface area contributed by atoms with Crippen LogP contribution in [0.5, 0.6) is 0 Å². The normalized spacial score (nSPS) is 17.2. The Labute approximate surface area is 209 Å². The van der Waals surface area contributed by atoms with Crippen molar-refractivity contribution in [2.24, 2.45) is 0 Å². The van der Waals surface area contributed by atoms with Crippen molar-refractivity contribution in [3.8, 4) is 27.8 Å². The van der Waals surface area contributed by atoms with E-state index in [1.165, 1.54) is 11.3 Å². The van der Waals surface area contributed by atoms with Gasteiger partial charge in [-0.15, -0.1) is 0 Å². The maximum atomic E-state index is 13.1. The number of ether oxygens (including phenoxy) is 1. The van der Waals surface area contributed by atoms with E-state index in [2.05, 4.69) is 21.7 Å². The number of aryl methyl sites for hydroxylation is 2. The second-order valence-corrected chi connectivity index (χ2v) is 10.2. The number of anilines is 1. The zero-order valence-corrected chi connectivity index (χ0v) is 20.7. The molecule has 1 spiro atoms. The number of likely N-dealkylation sites (tertiary alicyclic amines) is 1. The maximum Gasteiger partial charge on any atom is 0.323 e. The number of nitriles is 1. The molecule has 0 saturated carbocycles. The number of morpholine rings is 1. The molecule has 1 aromatic carbocycles. The second-order valence-electron chi connectivity index (χ2n) is 9.15. The molecule has 2 aliphatic rings. The molecule has 9 heteroatoms. The fraction of sp³-hybridized carbons (Fsp3) is 0.385. The number of urea groups is 1. The number of nitrogens with zero attached hydrogens (tertiary/aromatic N) is 4. The number of rotatable bonds is 3.